The van der Waals surface area contributed by atoms with Gasteiger partial charge in [-0.1, -0.05) is 42.4 Å². The van der Waals surface area contributed by atoms with Crippen molar-refractivity contribution < 1.29 is 13.9 Å². The van der Waals surface area contributed by atoms with Gasteiger partial charge in [-0.15, -0.1) is 12.6 Å². The van der Waals surface area contributed by atoms with Crippen LogP contribution in [0.1, 0.15) is 5.56 Å². The third kappa shape index (κ3) is 3.54. The second-order valence-electron chi connectivity index (χ2n) is 8.94. The number of fused-ring (bicyclic) bond motifs is 1. The first-order chi connectivity index (χ1) is 16.3. The number of nitrogens with zero attached hydrogens (tertiary/aromatic N) is 2. The molecule has 8 heteroatoms. The lowest BCUT2D eigenvalue weighted by Crippen LogP contribution is -2.72. The Hall–Kier alpha value is -3.03. The van der Waals surface area contributed by atoms with Gasteiger partial charge in [-0.05, 0) is 40.6 Å². The van der Waals surface area contributed by atoms with Gasteiger partial charge in [-0.25, -0.2) is 4.39 Å². The predicted octanol–water partition coefficient (Wildman–Crippen LogP) is 5.16. The van der Waals surface area contributed by atoms with Crippen molar-refractivity contribution in [3.05, 3.63) is 82.2 Å². The maximum Gasteiger partial charge on any atom is 0.245 e. The number of thiol groups is 1. The van der Waals surface area contributed by atoms with Crippen LogP contribution in [0.4, 0.5) is 4.39 Å². The minimum absolute atomic E-state index is 0.0244. The van der Waals surface area contributed by atoms with Crippen molar-refractivity contribution in [2.45, 2.75) is 0 Å². The number of halogens is 2. The number of rotatable bonds is 4. The van der Waals surface area contributed by atoms with Gasteiger partial charge in [-0.3, -0.25) is 10.2 Å². The quantitative estimate of drug-likeness (QED) is 0.455. The monoisotopic (exact) mass is 495 g/mol. The highest BCUT2D eigenvalue weighted by molar-refractivity contribution is 7.84. The average molecular weight is 496 g/mol. The molecule has 2 aliphatic heterocycles. The molecule has 2 fully saturated rings. The first-order valence-corrected chi connectivity index (χ1v) is 11.6. The van der Waals surface area contributed by atoms with Gasteiger partial charge >= 0.3 is 0 Å². The van der Waals surface area contributed by atoms with E-state index < -0.39 is 5.83 Å². The summed E-state index contributed by atoms with van der Waals surface area (Å²) >= 11 is 11.3. The molecule has 0 unspecified atom stereocenters. The Kier molecular flexibility index (Phi) is 5.57. The molecule has 1 spiro atoms. The molecule has 2 aromatic rings. The number of hydrogen-bond donors (Lipinski definition) is 2. The van der Waals surface area contributed by atoms with E-state index in [-0.39, 0.29) is 27.6 Å². The second-order valence-corrected chi connectivity index (χ2v) is 9.77. The summed E-state index contributed by atoms with van der Waals surface area (Å²) in [6.07, 6.45) is 2.93. The van der Waals surface area contributed by atoms with Gasteiger partial charge < -0.3 is 14.5 Å². The molecule has 0 saturated carbocycles. The third-order valence-corrected chi connectivity index (χ3v) is 7.51. The topological polar surface area (TPSA) is 56.6 Å². The van der Waals surface area contributed by atoms with Gasteiger partial charge in [0.1, 0.15) is 11.5 Å². The molecule has 5 rings (SSSR count). The number of methoxy groups -OCH3 is 1. The summed E-state index contributed by atoms with van der Waals surface area (Å²) in [5.41, 5.74) is 0.854. The van der Waals surface area contributed by atoms with Crippen LogP contribution in [-0.4, -0.2) is 54.7 Å². The minimum atomic E-state index is -0.700. The molecule has 1 aliphatic carbocycles. The van der Waals surface area contributed by atoms with Crippen LogP contribution < -0.4 is 4.74 Å². The van der Waals surface area contributed by atoms with E-state index in [1.807, 2.05) is 35.2 Å². The molecule has 1 N–H and O–H groups in total. The van der Waals surface area contributed by atoms with Gasteiger partial charge in [-0.2, -0.15) is 0 Å². The van der Waals surface area contributed by atoms with Crippen LogP contribution in [0.3, 0.4) is 0 Å². The van der Waals surface area contributed by atoms with Crippen molar-refractivity contribution in [3.63, 3.8) is 0 Å². The molecule has 0 bridgehead atoms. The normalized spacial score (nSPS) is 20.7. The zero-order valence-corrected chi connectivity index (χ0v) is 20.2. The second kappa shape index (κ2) is 8.32. The average Bonchev–Trinajstić information content (AvgIpc) is 2.78. The SMILES string of the molecule is C=CC(=O)N1CC2(C1)CN(/C(S)=C1\C=C(Cl)C(c3cc(OC)cc4ccccc34)=C(F)C1=N)C2. The van der Waals surface area contributed by atoms with E-state index in [9.17, 15) is 4.79 Å². The molecule has 0 aromatic heterocycles. The van der Waals surface area contributed by atoms with E-state index >= 15 is 4.39 Å². The molecule has 0 radical (unpaired) electrons. The number of carbonyl (C=O) groups is 1. The van der Waals surface area contributed by atoms with E-state index in [2.05, 4.69) is 19.2 Å². The number of nitrogens with one attached hydrogen (secondary N) is 1. The minimum Gasteiger partial charge on any atom is -0.497 e. The van der Waals surface area contributed by atoms with Crippen LogP contribution in [-0.2, 0) is 4.79 Å². The van der Waals surface area contributed by atoms with Gasteiger partial charge in [0.05, 0.1) is 17.2 Å². The Balaban J connectivity index is 1.45. The van der Waals surface area contributed by atoms with E-state index in [1.54, 1.807) is 24.2 Å². The number of ether oxygens (including phenoxy) is 1. The zero-order chi connectivity index (χ0) is 24.2. The largest absolute Gasteiger partial charge is 0.497 e. The number of benzene rings is 2. The Bertz CT molecular complexity index is 1350. The van der Waals surface area contributed by atoms with Crippen LogP contribution in [0.2, 0.25) is 0 Å². The highest BCUT2D eigenvalue weighted by Gasteiger charge is 2.53. The number of hydrogen-bond acceptors (Lipinski definition) is 5. The van der Waals surface area contributed by atoms with Gasteiger partial charge in [0.2, 0.25) is 5.91 Å². The van der Waals surface area contributed by atoms with E-state index in [1.165, 1.54) is 6.08 Å². The fourth-order valence-electron chi connectivity index (χ4n) is 4.98. The van der Waals surface area contributed by atoms with Crippen molar-refractivity contribution in [2.75, 3.05) is 33.3 Å². The van der Waals surface area contributed by atoms with Crippen molar-refractivity contribution in [1.29, 1.82) is 5.41 Å². The van der Waals surface area contributed by atoms with Crippen LogP contribution >= 0.6 is 24.2 Å². The van der Waals surface area contributed by atoms with E-state index in [0.29, 0.717) is 48.1 Å². The van der Waals surface area contributed by atoms with Crippen molar-refractivity contribution in [3.8, 4) is 5.75 Å². The summed E-state index contributed by atoms with van der Waals surface area (Å²) in [5, 5.41) is 11.0. The zero-order valence-electron chi connectivity index (χ0n) is 18.6. The van der Waals surface area contributed by atoms with Crippen LogP contribution in [0.15, 0.2) is 76.6 Å². The van der Waals surface area contributed by atoms with Crippen LogP contribution in [0.25, 0.3) is 16.3 Å². The Morgan fingerprint density at radius 1 is 1.24 bits per heavy atom. The highest BCUT2D eigenvalue weighted by Crippen LogP contribution is 2.45. The van der Waals surface area contributed by atoms with E-state index in [4.69, 9.17) is 21.7 Å². The van der Waals surface area contributed by atoms with E-state index in [0.717, 1.165) is 10.8 Å². The summed E-state index contributed by atoms with van der Waals surface area (Å²) in [6, 6.07) is 11.2. The van der Waals surface area contributed by atoms with Gasteiger partial charge in [0.15, 0.2) is 5.83 Å². The fourth-order valence-corrected chi connectivity index (χ4v) is 5.59. The molecule has 2 aromatic carbocycles. The number of allylic oxidation sites excluding steroid dienone is 5. The third-order valence-electron chi connectivity index (χ3n) is 6.69. The standard InChI is InChI=1S/C26H23ClFN3O2S/c1-3-21(32)30-11-26(12-30)13-31(14-26)25(34)19-10-20(27)22(23(28)24(19)29)18-9-16(33-2)8-15-6-4-5-7-17(15)18/h3-10,29,34H,1,11-14H2,2H3/b25-19-,29-24?. The predicted molar refractivity (Wildman–Crippen MR) is 137 cm³/mol. The molecular formula is C26H23ClFN3O2S. The van der Waals surface area contributed by atoms with Crippen molar-refractivity contribution in [2.24, 2.45) is 5.41 Å². The number of likely N-dealkylation sites (tertiary alicyclic amines) is 2. The number of amides is 1. The lowest BCUT2D eigenvalue weighted by atomic mass is 9.73. The van der Waals surface area contributed by atoms with Crippen LogP contribution in [0, 0.1) is 10.8 Å². The Morgan fingerprint density at radius 2 is 1.91 bits per heavy atom. The molecule has 0 atom stereocenters. The maximum atomic E-state index is 15.7. The van der Waals surface area contributed by atoms with Crippen molar-refractivity contribution in [1.82, 2.24) is 9.80 Å². The molecule has 3 aliphatic rings. The van der Waals surface area contributed by atoms with Gasteiger partial charge in [0.25, 0.3) is 0 Å². The first-order valence-electron chi connectivity index (χ1n) is 10.8. The summed E-state index contributed by atoms with van der Waals surface area (Å²) in [6.45, 7) is 6.24. The first kappa shape index (κ1) is 22.7. The van der Waals surface area contributed by atoms with Crippen molar-refractivity contribution >= 4 is 52.2 Å². The maximum absolute atomic E-state index is 15.7. The fraction of sp³-hybridized carbons (Fsp3) is 0.231. The molecular weight excluding hydrogens is 473 g/mol. The molecule has 2 saturated heterocycles. The summed E-state index contributed by atoms with van der Waals surface area (Å²) in [5.74, 6) is -0.187. The Morgan fingerprint density at radius 3 is 2.59 bits per heavy atom. The Labute approximate surface area is 207 Å². The van der Waals surface area contributed by atoms with Gasteiger partial charge in [0, 0.05) is 42.7 Å². The van der Waals surface area contributed by atoms with Crippen LogP contribution in [0.5, 0.6) is 5.75 Å². The summed E-state index contributed by atoms with van der Waals surface area (Å²) < 4.78 is 21.1. The molecule has 1 amide bonds. The lowest BCUT2D eigenvalue weighted by Gasteiger charge is -2.60. The molecule has 5 nitrogen and oxygen atoms in total. The summed E-state index contributed by atoms with van der Waals surface area (Å²) in [4.78, 5) is 15.5. The lowest BCUT2D eigenvalue weighted by molar-refractivity contribution is -0.149. The summed E-state index contributed by atoms with van der Waals surface area (Å²) in [7, 11) is 1.56. The molecule has 174 valence electrons. The number of carbonyl (C=O) groups excluding carboxylic acids is 1. The molecule has 2 heterocycles. The smallest absolute Gasteiger partial charge is 0.245 e. The molecule has 34 heavy (non-hydrogen) atoms. The highest BCUT2D eigenvalue weighted by atomic mass is 35.5.